The van der Waals surface area contributed by atoms with Crippen LogP contribution in [0.1, 0.15) is 45.3 Å². The monoisotopic (exact) mass is 249 g/mol. The molecule has 0 fully saturated rings. The Hall–Kier alpha value is -1.42. The first-order chi connectivity index (χ1) is 8.59. The lowest BCUT2D eigenvalue weighted by molar-refractivity contribution is -0.131. The van der Waals surface area contributed by atoms with E-state index in [9.17, 15) is 4.79 Å². The minimum Gasteiger partial charge on any atom is -0.347 e. The van der Waals surface area contributed by atoms with E-state index in [-0.39, 0.29) is 11.9 Å². The van der Waals surface area contributed by atoms with Gasteiger partial charge in [0.05, 0.1) is 17.2 Å². The third-order valence-electron chi connectivity index (χ3n) is 3.70. The van der Waals surface area contributed by atoms with E-state index in [1.54, 1.807) is 6.20 Å². The molecule has 0 bridgehead atoms. The maximum Gasteiger partial charge on any atom is 0.227 e. The molecule has 0 aromatic carbocycles. The summed E-state index contributed by atoms with van der Waals surface area (Å²) in [6.07, 6.45) is 3.23. The molecule has 0 spiro atoms. The molecule has 0 saturated carbocycles. The van der Waals surface area contributed by atoms with Crippen LogP contribution in [0.5, 0.6) is 0 Å². The fraction of sp³-hybridized carbons (Fsp3) is 0.571. The Kier molecular flexibility index (Phi) is 5.28. The van der Waals surface area contributed by atoms with E-state index < -0.39 is 5.41 Å². The molecule has 0 saturated heterocycles. The highest BCUT2D eigenvalue weighted by Crippen LogP contribution is 2.26. The predicted octanol–water partition coefficient (Wildman–Crippen LogP) is 2.02. The number of hydrogen-bond acceptors (Lipinski definition) is 3. The van der Waals surface area contributed by atoms with Gasteiger partial charge in [0.15, 0.2) is 0 Å². The van der Waals surface area contributed by atoms with E-state index in [4.69, 9.17) is 5.73 Å². The van der Waals surface area contributed by atoms with Gasteiger partial charge in [0.25, 0.3) is 0 Å². The predicted molar refractivity (Wildman–Crippen MR) is 72.9 cm³/mol. The normalized spacial score (nSPS) is 13.1. The van der Waals surface area contributed by atoms with Gasteiger partial charge in [-0.25, -0.2) is 0 Å². The van der Waals surface area contributed by atoms with E-state index >= 15 is 0 Å². The zero-order valence-electron chi connectivity index (χ0n) is 11.4. The van der Waals surface area contributed by atoms with Crippen molar-refractivity contribution in [2.24, 2.45) is 11.1 Å². The Balaban J connectivity index is 2.75. The zero-order chi connectivity index (χ0) is 13.6. The number of nitrogens with zero attached hydrogens (tertiary/aromatic N) is 1. The number of hydrogen-bond donors (Lipinski definition) is 2. The fourth-order valence-corrected chi connectivity index (χ4v) is 2.01. The second kappa shape index (κ2) is 6.50. The third-order valence-corrected chi connectivity index (χ3v) is 3.70. The van der Waals surface area contributed by atoms with Crippen molar-refractivity contribution >= 4 is 5.91 Å². The van der Waals surface area contributed by atoms with Gasteiger partial charge >= 0.3 is 0 Å². The Labute approximate surface area is 109 Å². The van der Waals surface area contributed by atoms with E-state index in [0.717, 1.165) is 18.5 Å². The Morgan fingerprint density at radius 3 is 2.56 bits per heavy atom. The topological polar surface area (TPSA) is 68.0 Å². The highest BCUT2D eigenvalue weighted by molar-refractivity contribution is 5.83. The molecule has 1 aromatic heterocycles. The number of aromatic nitrogens is 1. The zero-order valence-corrected chi connectivity index (χ0v) is 11.4. The van der Waals surface area contributed by atoms with Crippen LogP contribution in [-0.2, 0) is 4.79 Å². The molecule has 100 valence electrons. The van der Waals surface area contributed by atoms with Gasteiger partial charge in [-0.15, -0.1) is 0 Å². The molecule has 0 unspecified atom stereocenters. The summed E-state index contributed by atoms with van der Waals surface area (Å²) < 4.78 is 0. The number of pyridine rings is 1. The van der Waals surface area contributed by atoms with Crippen molar-refractivity contribution in [1.82, 2.24) is 10.3 Å². The molecule has 1 rings (SSSR count). The fourth-order valence-electron chi connectivity index (χ4n) is 2.01. The highest BCUT2D eigenvalue weighted by Gasteiger charge is 2.34. The van der Waals surface area contributed by atoms with E-state index in [0.29, 0.717) is 6.54 Å². The van der Waals surface area contributed by atoms with Crippen LogP contribution in [0.2, 0.25) is 0 Å². The van der Waals surface area contributed by atoms with Gasteiger partial charge in [-0.1, -0.05) is 19.9 Å². The van der Waals surface area contributed by atoms with Crippen molar-refractivity contribution < 1.29 is 4.79 Å². The standard InChI is InChI=1S/C14H23N3O/c1-4-14(5-2,10-15)13(18)17-11(3)12-8-6-7-9-16-12/h6-9,11H,4-5,10,15H2,1-3H3,(H,17,18)/t11-/m1/s1. The molecule has 0 aliphatic rings. The third kappa shape index (κ3) is 3.07. The van der Waals surface area contributed by atoms with Crippen molar-refractivity contribution in [3.63, 3.8) is 0 Å². The lowest BCUT2D eigenvalue weighted by atomic mass is 9.81. The molecule has 1 atom stereocenters. The first-order valence-corrected chi connectivity index (χ1v) is 6.51. The Bertz CT molecular complexity index is 366. The van der Waals surface area contributed by atoms with Crippen LogP contribution in [-0.4, -0.2) is 17.4 Å². The van der Waals surface area contributed by atoms with Crippen LogP contribution in [0, 0.1) is 5.41 Å². The van der Waals surface area contributed by atoms with Gasteiger partial charge in [-0.2, -0.15) is 0 Å². The lowest BCUT2D eigenvalue weighted by Crippen LogP contribution is -2.46. The lowest BCUT2D eigenvalue weighted by Gasteiger charge is -2.30. The van der Waals surface area contributed by atoms with Crippen LogP contribution in [0.15, 0.2) is 24.4 Å². The highest BCUT2D eigenvalue weighted by atomic mass is 16.2. The molecule has 1 amide bonds. The maximum atomic E-state index is 12.3. The van der Waals surface area contributed by atoms with Crippen molar-refractivity contribution in [1.29, 1.82) is 0 Å². The minimum atomic E-state index is -0.455. The van der Waals surface area contributed by atoms with Crippen molar-refractivity contribution in [3.05, 3.63) is 30.1 Å². The summed E-state index contributed by atoms with van der Waals surface area (Å²) >= 11 is 0. The molecule has 1 heterocycles. The van der Waals surface area contributed by atoms with Gasteiger partial charge in [-0.3, -0.25) is 9.78 Å². The van der Waals surface area contributed by atoms with Crippen LogP contribution >= 0.6 is 0 Å². The van der Waals surface area contributed by atoms with Crippen LogP contribution < -0.4 is 11.1 Å². The average Bonchev–Trinajstić information content (AvgIpc) is 2.42. The first kappa shape index (κ1) is 14.6. The van der Waals surface area contributed by atoms with E-state index in [1.807, 2.05) is 39.0 Å². The number of carbonyl (C=O) groups excluding carboxylic acids is 1. The van der Waals surface area contributed by atoms with E-state index in [2.05, 4.69) is 10.3 Å². The summed E-state index contributed by atoms with van der Waals surface area (Å²) in [6.45, 7) is 6.32. The van der Waals surface area contributed by atoms with E-state index in [1.165, 1.54) is 0 Å². The van der Waals surface area contributed by atoms with Crippen molar-refractivity contribution in [3.8, 4) is 0 Å². The summed E-state index contributed by atoms with van der Waals surface area (Å²) in [5, 5.41) is 3.01. The number of nitrogens with two attached hydrogens (primary N) is 1. The molecule has 3 N–H and O–H groups in total. The number of carbonyl (C=O) groups is 1. The minimum absolute atomic E-state index is 0.0214. The Morgan fingerprint density at radius 2 is 2.11 bits per heavy atom. The van der Waals surface area contributed by atoms with Crippen LogP contribution in [0.25, 0.3) is 0 Å². The van der Waals surface area contributed by atoms with Crippen molar-refractivity contribution in [2.45, 2.75) is 39.7 Å². The summed E-state index contributed by atoms with van der Waals surface area (Å²) in [6, 6.07) is 5.59. The van der Waals surface area contributed by atoms with Gasteiger partial charge in [-0.05, 0) is 31.9 Å². The molecular formula is C14H23N3O. The molecule has 0 aliphatic carbocycles. The molecule has 0 radical (unpaired) electrons. The maximum absolute atomic E-state index is 12.3. The van der Waals surface area contributed by atoms with Crippen molar-refractivity contribution in [2.75, 3.05) is 6.54 Å². The summed E-state index contributed by atoms with van der Waals surface area (Å²) in [4.78, 5) is 16.6. The smallest absolute Gasteiger partial charge is 0.227 e. The van der Waals surface area contributed by atoms with Gasteiger partial charge in [0.2, 0.25) is 5.91 Å². The van der Waals surface area contributed by atoms with Gasteiger partial charge < -0.3 is 11.1 Å². The first-order valence-electron chi connectivity index (χ1n) is 6.51. The Morgan fingerprint density at radius 1 is 1.44 bits per heavy atom. The number of nitrogens with one attached hydrogen (secondary N) is 1. The van der Waals surface area contributed by atoms with Gasteiger partial charge in [0.1, 0.15) is 0 Å². The molecular weight excluding hydrogens is 226 g/mol. The van der Waals surface area contributed by atoms with Crippen LogP contribution in [0.3, 0.4) is 0 Å². The van der Waals surface area contributed by atoms with Crippen LogP contribution in [0.4, 0.5) is 0 Å². The molecule has 1 aromatic rings. The second-order valence-corrected chi connectivity index (χ2v) is 4.64. The molecule has 18 heavy (non-hydrogen) atoms. The quantitative estimate of drug-likeness (QED) is 0.810. The van der Waals surface area contributed by atoms with Gasteiger partial charge in [0, 0.05) is 12.7 Å². The average molecular weight is 249 g/mol. The SMILES string of the molecule is CCC(CC)(CN)C(=O)N[C@H](C)c1ccccn1. The number of rotatable bonds is 6. The summed E-state index contributed by atoms with van der Waals surface area (Å²) in [7, 11) is 0. The number of amides is 1. The summed E-state index contributed by atoms with van der Waals surface area (Å²) in [5.41, 5.74) is 6.18. The largest absolute Gasteiger partial charge is 0.347 e. The molecule has 4 heteroatoms. The molecule has 4 nitrogen and oxygen atoms in total. The molecule has 0 aliphatic heterocycles. The second-order valence-electron chi connectivity index (χ2n) is 4.64. The summed E-state index contributed by atoms with van der Waals surface area (Å²) in [5.74, 6) is 0.0214.